The average Bonchev–Trinajstić information content (AvgIpc) is 1.50. The largest absolute Gasteiger partial charge is 0.356 e. The SMILES string of the molecule is Cn1cc2cccc(-c3cc(F)c(Cn4cnc5ccccc5c4=O)c(F)c3)c2c1.Cn1cc2cccc(-c3cc(F)c(Cn4cnc5cccnc5c4=O)c(F)c3)c2c1.Cn1cc2cccc(-c3cc(F)c(Cn4cnc5cnccc5c4=O)c(F)c3)c2c1.Cn1cc2cccc(-c3cc(F)c(Cn4cnc5ncccc5c4=O)c(F)c3)c2c1. The Hall–Kier alpha value is -15.4. The zero-order chi connectivity index (χ0) is 83.3. The second kappa shape index (κ2) is 32.0. The molecule has 0 atom stereocenters. The molecule has 11 aromatic heterocycles. The van der Waals surface area contributed by atoms with Crippen LogP contribution in [-0.4, -0.2) is 71.4 Å². The van der Waals surface area contributed by atoms with Crippen molar-refractivity contribution in [1.82, 2.24) is 71.4 Å². The van der Waals surface area contributed by atoms with Gasteiger partial charge in [0, 0.05) is 140 Å². The summed E-state index contributed by atoms with van der Waals surface area (Å²) in [6.45, 7) is -1.02. The molecule has 20 aromatic rings. The molecule has 0 radical (unpaired) electrons. The van der Waals surface area contributed by atoms with Crippen LogP contribution in [0.5, 0.6) is 0 Å². The average molecular weight is 1610 g/mol. The molecule has 27 heteroatoms. The van der Waals surface area contributed by atoms with Gasteiger partial charge in [-0.3, -0.25) is 42.4 Å². The number of benzene rings is 9. The van der Waals surface area contributed by atoms with Gasteiger partial charge in [-0.2, -0.15) is 0 Å². The minimum Gasteiger partial charge on any atom is -0.356 e. The van der Waals surface area contributed by atoms with Gasteiger partial charge in [-0.1, -0.05) is 84.9 Å². The molecule has 11 heterocycles. The van der Waals surface area contributed by atoms with Gasteiger partial charge in [-0.15, -0.1) is 0 Å². The summed E-state index contributed by atoms with van der Waals surface area (Å²) < 4.78 is 132. The van der Waals surface area contributed by atoms with E-state index in [0.29, 0.717) is 60.6 Å². The molecule has 0 aliphatic rings. The van der Waals surface area contributed by atoms with Crippen LogP contribution in [0.1, 0.15) is 22.3 Å². The topological polar surface area (TPSA) is 198 Å². The number of aryl methyl sites for hydroxylation is 4. The molecule has 0 N–H and O–H groups in total. The minimum atomic E-state index is -0.717. The number of fused-ring (bicyclic) bond motifs is 8. The third-order valence-electron chi connectivity index (χ3n) is 20.9. The maximum atomic E-state index is 15.0. The molecule has 0 aliphatic heterocycles. The quantitative estimate of drug-likeness (QED) is 0.105. The van der Waals surface area contributed by atoms with E-state index in [4.69, 9.17) is 0 Å². The number of hydrogen-bond acceptors (Lipinski definition) is 11. The summed E-state index contributed by atoms with van der Waals surface area (Å²) in [5.41, 5.74) is 4.35. The van der Waals surface area contributed by atoms with Crippen LogP contribution in [0.3, 0.4) is 0 Å². The maximum absolute atomic E-state index is 15.0. The molecule has 0 fully saturated rings. The van der Waals surface area contributed by atoms with Gasteiger partial charge in [-0.25, -0.2) is 65.0 Å². The van der Waals surface area contributed by atoms with Gasteiger partial charge in [0.2, 0.25) is 0 Å². The minimum absolute atomic E-state index is 0.160. The number of hydrogen-bond donors (Lipinski definition) is 0. The lowest BCUT2D eigenvalue weighted by atomic mass is 9.99. The van der Waals surface area contributed by atoms with E-state index in [-0.39, 0.29) is 65.1 Å². The highest BCUT2D eigenvalue weighted by atomic mass is 19.2. The molecule has 0 saturated heterocycles. The molecule has 0 bridgehead atoms. The van der Waals surface area contributed by atoms with Crippen molar-refractivity contribution in [1.29, 1.82) is 0 Å². The lowest BCUT2D eigenvalue weighted by molar-refractivity contribution is 0.541. The zero-order valence-electron chi connectivity index (χ0n) is 64.2. The summed E-state index contributed by atoms with van der Waals surface area (Å²) in [6, 6.07) is 48.0. The molecule has 0 amide bonds. The van der Waals surface area contributed by atoms with E-state index < -0.39 is 57.7 Å². The summed E-state index contributed by atoms with van der Waals surface area (Å²) >= 11 is 0. The normalized spacial score (nSPS) is 11.4. The lowest BCUT2D eigenvalue weighted by Crippen LogP contribution is -2.23. The van der Waals surface area contributed by atoms with Gasteiger partial charge in [0.05, 0.1) is 84.1 Å². The molecule has 0 unspecified atom stereocenters. The second-order valence-corrected chi connectivity index (χ2v) is 29.0. The first-order valence-corrected chi connectivity index (χ1v) is 37.5. The van der Waals surface area contributed by atoms with Crippen LogP contribution in [0.25, 0.3) is 131 Å². The molecule has 20 rings (SSSR count). The highest BCUT2D eigenvalue weighted by Crippen LogP contribution is 2.37. The first-order valence-electron chi connectivity index (χ1n) is 37.5. The number of aromatic nitrogens is 15. The van der Waals surface area contributed by atoms with Crippen molar-refractivity contribution in [3.8, 4) is 44.5 Å². The Bertz CT molecular complexity index is 6760. The van der Waals surface area contributed by atoms with Crippen molar-refractivity contribution in [2.24, 2.45) is 28.2 Å². The highest BCUT2D eigenvalue weighted by Gasteiger charge is 2.23. The Morgan fingerprint density at radius 2 is 0.592 bits per heavy atom. The summed E-state index contributed by atoms with van der Waals surface area (Å²) in [4.78, 5) is 79.1. The lowest BCUT2D eigenvalue weighted by Gasteiger charge is -2.11. The van der Waals surface area contributed by atoms with Crippen molar-refractivity contribution in [2.45, 2.75) is 26.2 Å². The molecular weight excluding hydrogens is 1540 g/mol. The fourth-order valence-electron chi connectivity index (χ4n) is 15.1. The summed E-state index contributed by atoms with van der Waals surface area (Å²) in [6.07, 6.45) is 26.6. The molecule has 592 valence electrons. The van der Waals surface area contributed by atoms with Crippen LogP contribution in [0.2, 0.25) is 0 Å². The van der Waals surface area contributed by atoms with Crippen LogP contribution in [0, 0.1) is 46.5 Å². The standard InChI is InChI=1S/C24H17F2N3O.3C23H16F2N4O/c1-28-11-15-5-4-7-17(19(15)12-28)16-9-21(25)20(22(26)10-16)13-29-14-27-23-8-3-2-6-18(23)24(29)30;1-28-10-14-4-2-5-16(17(14)11-28)15-8-19(24)18(20(25)9-15)12-29-13-27-21-6-3-7-26-22(21)23(29)30;1-28-10-14-4-2-5-16(18(14)11-28)15-8-20(24)19(21(25)9-15)12-29-13-27-22-17(23(29)30)6-3-7-26-22;1-28-10-14-3-2-4-16(18(14)11-28)15-7-20(24)19(21(25)8-15)12-29-13-27-22-9-26-6-5-17(22)23(29)30/h2-12,14H,13H2,1H3;3*2-11,13H,12H2,1H3. The van der Waals surface area contributed by atoms with Crippen LogP contribution >= 0.6 is 0 Å². The van der Waals surface area contributed by atoms with Gasteiger partial charge < -0.3 is 18.3 Å². The van der Waals surface area contributed by atoms with Crippen molar-refractivity contribution in [3.05, 3.63) is 386 Å². The van der Waals surface area contributed by atoms with E-state index in [1.165, 1.54) is 118 Å². The van der Waals surface area contributed by atoms with Crippen LogP contribution in [0.15, 0.2) is 295 Å². The molecule has 9 aromatic carbocycles. The summed E-state index contributed by atoms with van der Waals surface area (Å²) in [5, 5.41) is 8.67. The highest BCUT2D eigenvalue weighted by molar-refractivity contribution is 6.00. The predicted octanol–water partition coefficient (Wildman–Crippen LogP) is 17.7. The number of pyridine rings is 3. The molecular formula is C93H65F8N15O4. The predicted molar refractivity (Wildman–Crippen MR) is 447 cm³/mol. The molecule has 19 nitrogen and oxygen atoms in total. The summed E-state index contributed by atoms with van der Waals surface area (Å²) in [7, 11) is 7.61. The van der Waals surface area contributed by atoms with Crippen molar-refractivity contribution >= 4 is 87.0 Å². The van der Waals surface area contributed by atoms with Crippen LogP contribution < -0.4 is 22.2 Å². The summed E-state index contributed by atoms with van der Waals surface area (Å²) in [5.74, 6) is -5.67. The van der Waals surface area contributed by atoms with Gasteiger partial charge in [-0.05, 0) is 157 Å². The maximum Gasteiger partial charge on any atom is 0.280 e. The number of nitrogens with zero attached hydrogens (tertiary/aromatic N) is 15. The van der Waals surface area contributed by atoms with Gasteiger partial charge in [0.15, 0.2) is 11.2 Å². The van der Waals surface area contributed by atoms with Gasteiger partial charge in [0.25, 0.3) is 22.2 Å². The second-order valence-electron chi connectivity index (χ2n) is 29.0. The number of halogens is 8. The van der Waals surface area contributed by atoms with Gasteiger partial charge >= 0.3 is 0 Å². The van der Waals surface area contributed by atoms with E-state index in [9.17, 15) is 54.3 Å². The Morgan fingerprint density at radius 3 is 1.00 bits per heavy atom. The third kappa shape index (κ3) is 15.1. The van der Waals surface area contributed by atoms with E-state index in [0.717, 1.165) is 69.9 Å². The Morgan fingerprint density at radius 1 is 0.275 bits per heavy atom. The number of para-hydroxylation sites is 1. The first kappa shape index (κ1) is 77.2. The van der Waals surface area contributed by atoms with Crippen molar-refractivity contribution in [2.75, 3.05) is 0 Å². The third-order valence-corrected chi connectivity index (χ3v) is 20.9. The molecule has 0 spiro atoms. The number of rotatable bonds is 12. The van der Waals surface area contributed by atoms with Gasteiger partial charge in [0.1, 0.15) is 52.9 Å². The zero-order valence-corrected chi connectivity index (χ0v) is 64.2. The molecule has 120 heavy (non-hydrogen) atoms. The van der Waals surface area contributed by atoms with Crippen LogP contribution in [0.4, 0.5) is 35.1 Å². The molecule has 0 saturated carbocycles. The van der Waals surface area contributed by atoms with E-state index in [1.807, 2.05) is 169 Å². The fourth-order valence-corrected chi connectivity index (χ4v) is 15.1. The van der Waals surface area contributed by atoms with E-state index >= 15 is 0 Å². The Labute approximate surface area is 674 Å². The Balaban J connectivity index is 0.000000114. The first-order chi connectivity index (χ1) is 58.0. The molecule has 0 aliphatic carbocycles. The smallest absolute Gasteiger partial charge is 0.280 e. The van der Waals surface area contributed by atoms with E-state index in [1.54, 1.807) is 48.5 Å². The van der Waals surface area contributed by atoms with Crippen molar-refractivity contribution < 1.29 is 35.1 Å². The Kier molecular flexibility index (Phi) is 20.6. The fraction of sp³-hybridized carbons (Fsp3) is 0.0860. The monoisotopic (exact) mass is 1610 g/mol. The van der Waals surface area contributed by atoms with Crippen LogP contribution in [-0.2, 0) is 54.4 Å². The van der Waals surface area contributed by atoms with E-state index in [2.05, 4.69) is 34.9 Å². The van der Waals surface area contributed by atoms with Crippen molar-refractivity contribution in [3.63, 3.8) is 0 Å².